The van der Waals surface area contributed by atoms with Gasteiger partial charge >= 0.3 is 0 Å². The molecule has 3 aromatic carbocycles. The van der Waals surface area contributed by atoms with Crippen molar-refractivity contribution < 1.29 is 4.74 Å². The number of hydrogen-bond acceptors (Lipinski definition) is 4. The molecular weight excluding hydrogens is 434 g/mol. The van der Waals surface area contributed by atoms with Crippen LogP contribution in [0.25, 0.3) is 5.69 Å². The fourth-order valence-corrected chi connectivity index (χ4v) is 3.92. The summed E-state index contributed by atoms with van der Waals surface area (Å²) in [6.07, 6.45) is 0. The van der Waals surface area contributed by atoms with Crippen LogP contribution in [0.3, 0.4) is 0 Å². The Bertz CT molecular complexity index is 1020. The van der Waals surface area contributed by atoms with Crippen molar-refractivity contribution in [2.24, 2.45) is 0 Å². The maximum absolute atomic E-state index is 5.93. The van der Waals surface area contributed by atoms with Gasteiger partial charge in [-0.2, -0.15) is 0 Å². The summed E-state index contributed by atoms with van der Waals surface area (Å²) < 4.78 is 9.01. The summed E-state index contributed by atoms with van der Waals surface area (Å²) in [5.41, 5.74) is 2.28. The molecule has 6 heteroatoms. The molecule has 1 heterocycles. The van der Waals surface area contributed by atoms with Gasteiger partial charge in [0.05, 0.1) is 0 Å². The molecule has 0 radical (unpaired) electrons. The number of ether oxygens (including phenoxy) is 1. The predicted molar refractivity (Wildman–Crippen MR) is 116 cm³/mol. The Labute approximate surface area is 176 Å². The minimum absolute atomic E-state index is 0.343. The van der Waals surface area contributed by atoms with Crippen LogP contribution in [0.2, 0.25) is 0 Å². The molecule has 1 aromatic heterocycles. The van der Waals surface area contributed by atoms with Crippen LogP contribution in [-0.4, -0.2) is 14.8 Å². The fourth-order valence-electron chi connectivity index (χ4n) is 2.72. The van der Waals surface area contributed by atoms with Crippen molar-refractivity contribution in [2.75, 3.05) is 0 Å². The van der Waals surface area contributed by atoms with E-state index in [1.807, 2.05) is 48.5 Å². The number of rotatable bonds is 7. The number of para-hydroxylation sites is 1. The van der Waals surface area contributed by atoms with Crippen LogP contribution in [0, 0.1) is 0 Å². The number of halogens is 1. The van der Waals surface area contributed by atoms with Crippen LogP contribution in [-0.2, 0) is 12.4 Å². The van der Waals surface area contributed by atoms with Crippen molar-refractivity contribution in [3.05, 3.63) is 101 Å². The Hall–Kier alpha value is -2.57. The Morgan fingerprint density at radius 3 is 2.21 bits per heavy atom. The SMILES string of the molecule is Brc1ccc(OCc2nnc(SCc3ccccc3)n2-c2ccccc2)cc1. The van der Waals surface area contributed by atoms with E-state index in [1.54, 1.807) is 11.8 Å². The zero-order valence-electron chi connectivity index (χ0n) is 15.0. The van der Waals surface area contributed by atoms with E-state index in [9.17, 15) is 0 Å². The van der Waals surface area contributed by atoms with Gasteiger partial charge in [0.2, 0.25) is 0 Å². The molecule has 0 aliphatic heterocycles. The van der Waals surface area contributed by atoms with Gasteiger partial charge in [-0.05, 0) is 42.0 Å². The largest absolute Gasteiger partial charge is 0.486 e. The van der Waals surface area contributed by atoms with E-state index in [0.717, 1.165) is 32.6 Å². The van der Waals surface area contributed by atoms with Crippen molar-refractivity contribution in [1.82, 2.24) is 14.8 Å². The van der Waals surface area contributed by atoms with Gasteiger partial charge in [-0.15, -0.1) is 10.2 Å². The van der Waals surface area contributed by atoms with Crippen molar-refractivity contribution >= 4 is 27.7 Å². The first-order chi connectivity index (χ1) is 13.8. The predicted octanol–water partition coefficient (Wildman–Crippen LogP) is 5.90. The first-order valence-corrected chi connectivity index (χ1v) is 10.6. The highest BCUT2D eigenvalue weighted by atomic mass is 79.9. The summed E-state index contributed by atoms with van der Waals surface area (Å²) in [4.78, 5) is 0. The van der Waals surface area contributed by atoms with E-state index in [0.29, 0.717) is 6.61 Å². The van der Waals surface area contributed by atoms with Gasteiger partial charge in [0.15, 0.2) is 11.0 Å². The minimum atomic E-state index is 0.343. The number of nitrogens with zero attached hydrogens (tertiary/aromatic N) is 3. The summed E-state index contributed by atoms with van der Waals surface area (Å²) in [7, 11) is 0. The zero-order chi connectivity index (χ0) is 19.2. The quantitative estimate of drug-likeness (QED) is 0.328. The third-order valence-corrected chi connectivity index (χ3v) is 5.64. The maximum Gasteiger partial charge on any atom is 0.196 e. The maximum atomic E-state index is 5.93. The van der Waals surface area contributed by atoms with Crippen LogP contribution in [0.15, 0.2) is 94.6 Å². The molecule has 0 unspecified atom stereocenters. The number of aromatic nitrogens is 3. The normalized spacial score (nSPS) is 10.8. The molecule has 0 N–H and O–H groups in total. The van der Waals surface area contributed by atoms with Gasteiger partial charge in [-0.1, -0.05) is 76.2 Å². The van der Waals surface area contributed by atoms with Crippen molar-refractivity contribution in [3.8, 4) is 11.4 Å². The highest BCUT2D eigenvalue weighted by Crippen LogP contribution is 2.26. The number of benzene rings is 3. The second kappa shape index (κ2) is 9.08. The Morgan fingerprint density at radius 2 is 1.50 bits per heavy atom. The molecule has 0 atom stereocenters. The van der Waals surface area contributed by atoms with Crippen LogP contribution in [0.5, 0.6) is 5.75 Å². The molecule has 4 rings (SSSR count). The van der Waals surface area contributed by atoms with E-state index >= 15 is 0 Å². The molecule has 0 fully saturated rings. The van der Waals surface area contributed by atoms with Crippen molar-refractivity contribution in [1.29, 1.82) is 0 Å². The molecule has 0 saturated carbocycles. The first-order valence-electron chi connectivity index (χ1n) is 8.84. The molecule has 4 nitrogen and oxygen atoms in total. The third-order valence-electron chi connectivity index (χ3n) is 4.11. The highest BCUT2D eigenvalue weighted by molar-refractivity contribution is 9.10. The van der Waals surface area contributed by atoms with E-state index in [4.69, 9.17) is 4.74 Å². The average molecular weight is 452 g/mol. The molecule has 28 heavy (non-hydrogen) atoms. The lowest BCUT2D eigenvalue weighted by Crippen LogP contribution is -2.06. The van der Waals surface area contributed by atoms with Crippen LogP contribution in [0.1, 0.15) is 11.4 Å². The third kappa shape index (κ3) is 4.64. The standard InChI is InChI=1S/C22H18BrN3OS/c23-18-11-13-20(14-12-18)27-15-21-24-25-22(26(21)19-9-5-2-6-10-19)28-16-17-7-3-1-4-8-17/h1-14H,15-16H2. The van der Waals surface area contributed by atoms with Gasteiger partial charge < -0.3 is 4.74 Å². The summed E-state index contributed by atoms with van der Waals surface area (Å²) >= 11 is 5.11. The van der Waals surface area contributed by atoms with E-state index < -0.39 is 0 Å². The lowest BCUT2D eigenvalue weighted by atomic mass is 10.2. The summed E-state index contributed by atoms with van der Waals surface area (Å²) in [6, 6.07) is 28.3. The zero-order valence-corrected chi connectivity index (χ0v) is 17.4. The van der Waals surface area contributed by atoms with E-state index in [2.05, 4.69) is 67.1 Å². The first kappa shape index (κ1) is 18.8. The molecule has 0 aliphatic carbocycles. The second-order valence-electron chi connectivity index (χ2n) is 6.09. The lowest BCUT2D eigenvalue weighted by molar-refractivity contribution is 0.293. The Kier molecular flexibility index (Phi) is 6.09. The molecule has 0 spiro atoms. The molecule has 0 saturated heterocycles. The van der Waals surface area contributed by atoms with Gasteiger partial charge in [0.25, 0.3) is 0 Å². The van der Waals surface area contributed by atoms with E-state index in [-0.39, 0.29) is 0 Å². The van der Waals surface area contributed by atoms with Crippen molar-refractivity contribution in [2.45, 2.75) is 17.5 Å². The minimum Gasteiger partial charge on any atom is -0.486 e. The van der Waals surface area contributed by atoms with Crippen LogP contribution >= 0.6 is 27.7 Å². The van der Waals surface area contributed by atoms with Gasteiger partial charge in [-0.3, -0.25) is 4.57 Å². The van der Waals surface area contributed by atoms with Crippen LogP contribution < -0.4 is 4.74 Å². The summed E-state index contributed by atoms with van der Waals surface area (Å²) in [5.74, 6) is 2.40. The highest BCUT2D eigenvalue weighted by Gasteiger charge is 2.15. The molecule has 4 aromatic rings. The molecule has 0 bridgehead atoms. The fraction of sp³-hybridized carbons (Fsp3) is 0.0909. The van der Waals surface area contributed by atoms with Gasteiger partial charge in [-0.25, -0.2) is 0 Å². The molecule has 0 aliphatic rings. The topological polar surface area (TPSA) is 39.9 Å². The summed E-state index contributed by atoms with van der Waals surface area (Å²) in [6.45, 7) is 0.343. The van der Waals surface area contributed by atoms with Crippen LogP contribution in [0.4, 0.5) is 0 Å². The van der Waals surface area contributed by atoms with Gasteiger partial charge in [0, 0.05) is 15.9 Å². The Morgan fingerprint density at radius 1 is 0.821 bits per heavy atom. The van der Waals surface area contributed by atoms with Gasteiger partial charge in [0.1, 0.15) is 12.4 Å². The average Bonchev–Trinajstić information content (AvgIpc) is 3.16. The van der Waals surface area contributed by atoms with E-state index in [1.165, 1.54) is 5.56 Å². The van der Waals surface area contributed by atoms with Crippen molar-refractivity contribution in [3.63, 3.8) is 0 Å². The lowest BCUT2D eigenvalue weighted by Gasteiger charge is -2.11. The Balaban J connectivity index is 1.57. The molecule has 140 valence electrons. The second-order valence-corrected chi connectivity index (χ2v) is 7.94. The number of hydrogen-bond donors (Lipinski definition) is 0. The monoisotopic (exact) mass is 451 g/mol. The smallest absolute Gasteiger partial charge is 0.196 e. The molecule has 0 amide bonds. The summed E-state index contributed by atoms with van der Waals surface area (Å²) in [5, 5.41) is 9.67. The molecular formula is C22H18BrN3OS. The number of thioether (sulfide) groups is 1.